The smallest absolute Gasteiger partial charge is 0.304 e. The lowest BCUT2D eigenvalue weighted by molar-refractivity contribution is -0.385. The highest BCUT2D eigenvalue weighted by molar-refractivity contribution is 5.67. The van der Waals surface area contributed by atoms with Crippen molar-refractivity contribution in [3.05, 3.63) is 39.9 Å². The SMILES string of the molecule is CCC(c1cccc([N+](=O)[O-])c1)N1CCCC1CC(=O)O. The summed E-state index contributed by atoms with van der Waals surface area (Å²) >= 11 is 0. The molecule has 1 heterocycles. The summed E-state index contributed by atoms with van der Waals surface area (Å²) in [4.78, 5) is 23.7. The highest BCUT2D eigenvalue weighted by Gasteiger charge is 2.32. The predicted molar refractivity (Wildman–Crippen MR) is 78.1 cm³/mol. The molecule has 1 aliphatic rings. The number of aliphatic carboxylic acids is 1. The van der Waals surface area contributed by atoms with Crippen LogP contribution in [0.2, 0.25) is 0 Å². The number of carboxylic acid groups (broad SMARTS) is 1. The van der Waals surface area contributed by atoms with E-state index >= 15 is 0 Å². The Kier molecular flexibility index (Phi) is 4.90. The van der Waals surface area contributed by atoms with Gasteiger partial charge in [0.2, 0.25) is 0 Å². The number of benzene rings is 1. The number of hydrogen-bond acceptors (Lipinski definition) is 4. The van der Waals surface area contributed by atoms with Gasteiger partial charge in [0, 0.05) is 24.2 Å². The third kappa shape index (κ3) is 3.58. The van der Waals surface area contributed by atoms with Gasteiger partial charge in [-0.3, -0.25) is 19.8 Å². The molecule has 2 atom stereocenters. The van der Waals surface area contributed by atoms with E-state index in [2.05, 4.69) is 4.90 Å². The molecule has 2 rings (SSSR count). The first-order valence-corrected chi connectivity index (χ1v) is 7.24. The molecule has 1 aliphatic heterocycles. The van der Waals surface area contributed by atoms with Crippen molar-refractivity contribution in [2.75, 3.05) is 6.54 Å². The largest absolute Gasteiger partial charge is 0.481 e. The summed E-state index contributed by atoms with van der Waals surface area (Å²) in [6.45, 7) is 2.87. The van der Waals surface area contributed by atoms with Gasteiger partial charge >= 0.3 is 5.97 Å². The van der Waals surface area contributed by atoms with E-state index in [-0.39, 0.29) is 24.2 Å². The lowest BCUT2D eigenvalue weighted by Crippen LogP contribution is -2.34. The van der Waals surface area contributed by atoms with E-state index in [1.165, 1.54) is 6.07 Å². The van der Waals surface area contributed by atoms with Crippen molar-refractivity contribution in [2.45, 2.75) is 44.7 Å². The van der Waals surface area contributed by atoms with E-state index in [0.717, 1.165) is 31.4 Å². The fourth-order valence-electron chi connectivity index (χ4n) is 3.20. The molecule has 0 bridgehead atoms. The second-order valence-corrected chi connectivity index (χ2v) is 5.41. The monoisotopic (exact) mass is 292 g/mol. The molecule has 0 spiro atoms. The lowest BCUT2D eigenvalue weighted by atomic mass is 10.0. The Morgan fingerprint density at radius 1 is 1.57 bits per heavy atom. The molecule has 0 aliphatic carbocycles. The van der Waals surface area contributed by atoms with Gasteiger partial charge in [-0.2, -0.15) is 0 Å². The maximum Gasteiger partial charge on any atom is 0.304 e. The van der Waals surface area contributed by atoms with Crippen molar-refractivity contribution in [3.8, 4) is 0 Å². The zero-order chi connectivity index (χ0) is 15.4. The van der Waals surface area contributed by atoms with Gasteiger partial charge in [0.1, 0.15) is 0 Å². The van der Waals surface area contributed by atoms with Crippen LogP contribution in [0.1, 0.15) is 44.2 Å². The number of carbonyl (C=O) groups is 1. The van der Waals surface area contributed by atoms with E-state index in [0.29, 0.717) is 0 Å². The van der Waals surface area contributed by atoms with Crippen LogP contribution in [-0.4, -0.2) is 33.5 Å². The predicted octanol–water partition coefficient (Wildman–Crippen LogP) is 2.99. The maximum absolute atomic E-state index is 11.0. The van der Waals surface area contributed by atoms with Crippen LogP contribution < -0.4 is 0 Å². The number of rotatable bonds is 6. The fraction of sp³-hybridized carbons (Fsp3) is 0.533. The molecule has 21 heavy (non-hydrogen) atoms. The number of non-ortho nitro benzene ring substituents is 1. The summed E-state index contributed by atoms with van der Waals surface area (Å²) in [5, 5.41) is 19.9. The molecule has 1 aromatic rings. The zero-order valence-electron chi connectivity index (χ0n) is 12.1. The molecule has 0 radical (unpaired) electrons. The Hall–Kier alpha value is -1.95. The van der Waals surface area contributed by atoms with Crippen LogP contribution in [0, 0.1) is 10.1 Å². The molecule has 1 saturated heterocycles. The van der Waals surface area contributed by atoms with Gasteiger partial charge in [-0.15, -0.1) is 0 Å². The van der Waals surface area contributed by atoms with Crippen LogP contribution >= 0.6 is 0 Å². The Morgan fingerprint density at radius 3 is 2.95 bits per heavy atom. The van der Waals surface area contributed by atoms with Crippen molar-refractivity contribution in [1.29, 1.82) is 0 Å². The normalized spacial score (nSPS) is 20.3. The molecule has 6 heteroatoms. The van der Waals surface area contributed by atoms with Gasteiger partial charge in [0.05, 0.1) is 11.3 Å². The summed E-state index contributed by atoms with van der Waals surface area (Å²) in [5.74, 6) is -0.791. The van der Waals surface area contributed by atoms with Crippen molar-refractivity contribution < 1.29 is 14.8 Å². The zero-order valence-corrected chi connectivity index (χ0v) is 12.1. The standard InChI is InChI=1S/C15H20N2O4/c1-2-14(11-5-3-6-13(9-11)17(20)21)16-8-4-7-12(16)10-15(18)19/h3,5-6,9,12,14H,2,4,7-8,10H2,1H3,(H,18,19). The maximum atomic E-state index is 11.0. The fourth-order valence-corrected chi connectivity index (χ4v) is 3.20. The minimum Gasteiger partial charge on any atom is -0.481 e. The van der Waals surface area contributed by atoms with E-state index in [1.807, 2.05) is 13.0 Å². The Balaban J connectivity index is 2.24. The van der Waals surface area contributed by atoms with E-state index in [1.54, 1.807) is 12.1 Å². The molecule has 2 unspecified atom stereocenters. The second-order valence-electron chi connectivity index (χ2n) is 5.41. The molecule has 0 saturated carbocycles. The summed E-state index contributed by atoms with van der Waals surface area (Å²) < 4.78 is 0. The van der Waals surface area contributed by atoms with Crippen molar-refractivity contribution in [1.82, 2.24) is 4.90 Å². The van der Waals surface area contributed by atoms with Crippen molar-refractivity contribution in [3.63, 3.8) is 0 Å². The molecule has 1 aromatic carbocycles. The van der Waals surface area contributed by atoms with Gasteiger partial charge < -0.3 is 5.11 Å². The molecular weight excluding hydrogens is 272 g/mol. The van der Waals surface area contributed by atoms with Gasteiger partial charge in [0.15, 0.2) is 0 Å². The lowest BCUT2D eigenvalue weighted by Gasteiger charge is -2.32. The van der Waals surface area contributed by atoms with Crippen LogP contribution in [0.15, 0.2) is 24.3 Å². The average Bonchev–Trinajstić information content (AvgIpc) is 2.87. The number of nitro groups is 1. The van der Waals surface area contributed by atoms with Crippen LogP contribution in [0.5, 0.6) is 0 Å². The van der Waals surface area contributed by atoms with Gasteiger partial charge in [-0.25, -0.2) is 0 Å². The van der Waals surface area contributed by atoms with Crippen LogP contribution in [0.3, 0.4) is 0 Å². The summed E-state index contributed by atoms with van der Waals surface area (Å²) in [6, 6.07) is 6.72. The highest BCUT2D eigenvalue weighted by Crippen LogP contribution is 2.34. The molecular formula is C15H20N2O4. The summed E-state index contributed by atoms with van der Waals surface area (Å²) in [5.41, 5.74) is 0.976. The van der Waals surface area contributed by atoms with Crippen LogP contribution in [-0.2, 0) is 4.79 Å². The Bertz CT molecular complexity index is 532. The average molecular weight is 292 g/mol. The molecule has 1 N–H and O–H groups in total. The van der Waals surface area contributed by atoms with Gasteiger partial charge in [-0.1, -0.05) is 19.1 Å². The number of carboxylic acids is 1. The van der Waals surface area contributed by atoms with Gasteiger partial charge in [-0.05, 0) is 31.4 Å². The number of hydrogen-bond donors (Lipinski definition) is 1. The Labute approximate surface area is 123 Å². The minimum absolute atomic E-state index is 0.0201. The van der Waals surface area contributed by atoms with E-state index in [9.17, 15) is 14.9 Å². The number of nitro benzene ring substituents is 1. The second kappa shape index (κ2) is 6.67. The summed E-state index contributed by atoms with van der Waals surface area (Å²) in [6.07, 6.45) is 2.78. The first-order chi connectivity index (χ1) is 10.0. The highest BCUT2D eigenvalue weighted by atomic mass is 16.6. The molecule has 1 fully saturated rings. The number of nitrogens with zero attached hydrogens (tertiary/aromatic N) is 2. The van der Waals surface area contributed by atoms with E-state index in [4.69, 9.17) is 5.11 Å². The molecule has 0 aromatic heterocycles. The van der Waals surface area contributed by atoms with Crippen LogP contribution in [0.4, 0.5) is 5.69 Å². The third-order valence-corrected chi connectivity index (χ3v) is 4.09. The first-order valence-electron chi connectivity index (χ1n) is 7.24. The Morgan fingerprint density at radius 2 is 2.33 bits per heavy atom. The van der Waals surface area contributed by atoms with Crippen molar-refractivity contribution in [2.24, 2.45) is 0 Å². The van der Waals surface area contributed by atoms with Gasteiger partial charge in [0.25, 0.3) is 5.69 Å². The third-order valence-electron chi connectivity index (χ3n) is 4.09. The van der Waals surface area contributed by atoms with E-state index < -0.39 is 10.9 Å². The quantitative estimate of drug-likeness (QED) is 0.643. The molecule has 6 nitrogen and oxygen atoms in total. The molecule has 0 amide bonds. The molecule has 114 valence electrons. The number of likely N-dealkylation sites (tertiary alicyclic amines) is 1. The topological polar surface area (TPSA) is 83.7 Å². The van der Waals surface area contributed by atoms with Crippen molar-refractivity contribution >= 4 is 11.7 Å². The minimum atomic E-state index is -0.791. The van der Waals surface area contributed by atoms with Crippen LogP contribution in [0.25, 0.3) is 0 Å². The summed E-state index contributed by atoms with van der Waals surface area (Å²) in [7, 11) is 0. The first kappa shape index (κ1) is 15.4.